The molecule has 130 valence electrons. The first-order valence-electron chi connectivity index (χ1n) is 8.41. The van der Waals surface area contributed by atoms with Gasteiger partial charge >= 0.3 is 0 Å². The summed E-state index contributed by atoms with van der Waals surface area (Å²) in [6, 6.07) is -0.415. The summed E-state index contributed by atoms with van der Waals surface area (Å²) < 4.78 is 0. The molecule has 23 heavy (non-hydrogen) atoms. The minimum absolute atomic E-state index is 0.252. The summed E-state index contributed by atoms with van der Waals surface area (Å²) in [5.74, 6) is -0.0650. The smallest absolute Gasteiger partial charge is 0.270 e. The van der Waals surface area contributed by atoms with Crippen LogP contribution in [0.5, 0.6) is 0 Å². The fourth-order valence-corrected chi connectivity index (χ4v) is 3.24. The van der Waals surface area contributed by atoms with Crippen LogP contribution in [-0.2, 0) is 9.59 Å². The van der Waals surface area contributed by atoms with Crippen LogP contribution in [0.25, 0.3) is 0 Å². The summed E-state index contributed by atoms with van der Waals surface area (Å²) >= 11 is 0. The van der Waals surface area contributed by atoms with E-state index in [1.54, 1.807) is 0 Å². The average Bonchev–Trinajstić information content (AvgIpc) is 3.34. The van der Waals surface area contributed by atoms with E-state index in [1.165, 1.54) is 45.0 Å². The Morgan fingerprint density at radius 3 is 2.35 bits per heavy atom. The lowest BCUT2D eigenvalue weighted by molar-refractivity contribution is -0.120. The maximum absolute atomic E-state index is 12.2. The molecule has 2 fully saturated rings. The fraction of sp³-hybridized carbons (Fsp3) is 0.706. The molecule has 1 amide bonds. The lowest BCUT2D eigenvalue weighted by atomic mass is 9.77. The number of nitrogens with two attached hydrogens (primary N) is 2. The molecule has 0 aromatic carbocycles. The number of carbonyl (C=O) groups is 2. The Hall–Kier alpha value is -1.69. The molecule has 0 heterocycles. The molecular weight excluding hydrogens is 292 g/mol. The van der Waals surface area contributed by atoms with E-state index in [0.29, 0.717) is 12.0 Å². The van der Waals surface area contributed by atoms with Gasteiger partial charge in [-0.1, -0.05) is 0 Å². The van der Waals surface area contributed by atoms with Gasteiger partial charge in [0.05, 0.1) is 6.04 Å². The summed E-state index contributed by atoms with van der Waals surface area (Å²) in [5, 5.41) is 2.81. The van der Waals surface area contributed by atoms with E-state index >= 15 is 0 Å². The van der Waals surface area contributed by atoms with Gasteiger partial charge in [-0.3, -0.25) is 9.79 Å². The molecule has 0 aliphatic heterocycles. The van der Waals surface area contributed by atoms with Crippen molar-refractivity contribution < 1.29 is 9.59 Å². The number of nitrogens with zero attached hydrogens (tertiary/aromatic N) is 1. The molecular formula is C17H30N4O2. The number of hydrogen-bond donors (Lipinski definition) is 3. The largest absolute Gasteiger partial charge is 0.405 e. The molecule has 6 nitrogen and oxygen atoms in total. The molecule has 1 unspecified atom stereocenters. The van der Waals surface area contributed by atoms with Crippen molar-refractivity contribution in [2.75, 3.05) is 13.6 Å². The van der Waals surface area contributed by atoms with Gasteiger partial charge in [-0.2, -0.15) is 0 Å². The zero-order valence-corrected chi connectivity index (χ0v) is 14.3. The summed E-state index contributed by atoms with van der Waals surface area (Å²) in [4.78, 5) is 27.6. The van der Waals surface area contributed by atoms with Gasteiger partial charge in [0.25, 0.3) is 5.91 Å². The van der Waals surface area contributed by atoms with Crippen LogP contribution >= 0.6 is 0 Å². The lowest BCUT2D eigenvalue weighted by Crippen LogP contribution is -2.45. The molecule has 0 aromatic heterocycles. The Balaban J connectivity index is 0.00000127. The molecule has 1 atom stereocenters. The summed E-state index contributed by atoms with van der Waals surface area (Å²) in [5.41, 5.74) is 10.7. The quantitative estimate of drug-likeness (QED) is 0.503. The Kier molecular flexibility index (Phi) is 7.95. The third-order valence-corrected chi connectivity index (χ3v) is 4.82. The van der Waals surface area contributed by atoms with Crippen molar-refractivity contribution in [2.24, 2.45) is 27.8 Å². The van der Waals surface area contributed by atoms with Crippen LogP contribution in [0.3, 0.4) is 0 Å². The first-order chi connectivity index (χ1) is 11.1. The van der Waals surface area contributed by atoms with Gasteiger partial charge in [0.15, 0.2) is 0 Å². The van der Waals surface area contributed by atoms with Gasteiger partial charge in [0.2, 0.25) is 0 Å². The number of amides is 1. The van der Waals surface area contributed by atoms with E-state index < -0.39 is 6.04 Å². The summed E-state index contributed by atoms with van der Waals surface area (Å²) in [6.07, 6.45) is 10.7. The second kappa shape index (κ2) is 9.45. The van der Waals surface area contributed by atoms with Crippen LogP contribution < -0.4 is 16.8 Å². The fourth-order valence-electron chi connectivity index (χ4n) is 3.24. The highest BCUT2D eigenvalue weighted by atomic mass is 16.2. The average molecular weight is 322 g/mol. The third kappa shape index (κ3) is 5.46. The summed E-state index contributed by atoms with van der Waals surface area (Å²) in [6.45, 7) is 2.36. The van der Waals surface area contributed by atoms with Crippen molar-refractivity contribution >= 4 is 17.9 Å². The van der Waals surface area contributed by atoms with Gasteiger partial charge in [-0.15, -0.1) is 0 Å². The Labute approximate surface area is 138 Å². The number of carbonyl (C=O) groups excluding carboxylic acids is 2. The molecule has 5 N–H and O–H groups in total. The predicted octanol–water partition coefficient (Wildman–Crippen LogP) is 1.15. The van der Waals surface area contributed by atoms with Crippen molar-refractivity contribution in [2.45, 2.75) is 51.5 Å². The zero-order chi connectivity index (χ0) is 17.3. The number of nitrogens with one attached hydrogen (secondary N) is 1. The van der Waals surface area contributed by atoms with E-state index in [2.05, 4.69) is 16.0 Å². The van der Waals surface area contributed by atoms with E-state index in [1.807, 2.05) is 6.92 Å². The molecule has 6 heteroatoms. The first kappa shape index (κ1) is 19.4. The normalized spacial score (nSPS) is 21.4. The number of aldehydes is 1. The van der Waals surface area contributed by atoms with E-state index in [4.69, 9.17) is 5.73 Å². The maximum Gasteiger partial charge on any atom is 0.270 e. The second-order valence-electron chi connectivity index (χ2n) is 6.19. The van der Waals surface area contributed by atoms with E-state index in [9.17, 15) is 9.59 Å². The minimum atomic E-state index is -0.415. The summed E-state index contributed by atoms with van der Waals surface area (Å²) in [7, 11) is 1.50. The van der Waals surface area contributed by atoms with Crippen molar-refractivity contribution in [1.29, 1.82) is 0 Å². The van der Waals surface area contributed by atoms with Crippen LogP contribution in [0.2, 0.25) is 0 Å². The van der Waals surface area contributed by atoms with E-state index in [-0.39, 0.29) is 17.5 Å². The van der Waals surface area contributed by atoms with E-state index in [0.717, 1.165) is 19.1 Å². The molecule has 0 radical (unpaired) electrons. The second-order valence-corrected chi connectivity index (χ2v) is 6.19. The number of rotatable bonds is 6. The molecule has 1 spiro atoms. The number of aliphatic imine (C=N–C) groups is 1. The van der Waals surface area contributed by atoms with Crippen LogP contribution in [0.4, 0.5) is 0 Å². The van der Waals surface area contributed by atoms with Crippen LogP contribution in [-0.4, -0.2) is 37.5 Å². The van der Waals surface area contributed by atoms with Crippen molar-refractivity contribution in [1.82, 2.24) is 5.32 Å². The topological polar surface area (TPSA) is 111 Å². The highest BCUT2D eigenvalue weighted by molar-refractivity contribution is 6.43. The standard InChI is InChI=1S/C16H25N3O2.CH5N/c1-2-18-13(5-10-17)15(21)19-14(11-20)12-3-6-16(7-4-12)8-9-16;1-2/h5,10-12,14H,2-4,6-9,17H2,1H3,(H,19,21);2H2,1H3/b10-5-,18-13?;. The van der Waals surface area contributed by atoms with Gasteiger partial charge in [0.1, 0.15) is 12.0 Å². The van der Waals surface area contributed by atoms with Gasteiger partial charge < -0.3 is 21.6 Å². The zero-order valence-electron chi connectivity index (χ0n) is 14.3. The first-order valence-corrected chi connectivity index (χ1v) is 8.41. The lowest BCUT2D eigenvalue weighted by Gasteiger charge is -2.32. The highest BCUT2D eigenvalue weighted by Gasteiger charge is 2.45. The number of hydrogen-bond acceptors (Lipinski definition) is 5. The van der Waals surface area contributed by atoms with Gasteiger partial charge in [-0.25, -0.2) is 0 Å². The third-order valence-electron chi connectivity index (χ3n) is 4.82. The van der Waals surface area contributed by atoms with Crippen molar-refractivity contribution in [3.8, 4) is 0 Å². The van der Waals surface area contributed by atoms with Crippen LogP contribution in [0.15, 0.2) is 17.3 Å². The van der Waals surface area contributed by atoms with Crippen molar-refractivity contribution in [3.63, 3.8) is 0 Å². The van der Waals surface area contributed by atoms with Gasteiger partial charge in [0, 0.05) is 6.54 Å². The van der Waals surface area contributed by atoms with Gasteiger partial charge in [-0.05, 0) is 76.1 Å². The minimum Gasteiger partial charge on any atom is -0.405 e. The highest BCUT2D eigenvalue weighted by Crippen LogP contribution is 2.57. The van der Waals surface area contributed by atoms with Crippen molar-refractivity contribution in [3.05, 3.63) is 12.3 Å². The molecule has 2 saturated carbocycles. The van der Waals surface area contributed by atoms with Crippen LogP contribution in [0, 0.1) is 11.3 Å². The Morgan fingerprint density at radius 2 is 1.91 bits per heavy atom. The molecule has 2 rings (SSSR count). The SMILES string of the molecule is CCN=C(/C=C\N)C(=O)NC(C=O)C1CCC2(CC1)CC2.CN. The Bertz CT molecular complexity index is 446. The predicted molar refractivity (Wildman–Crippen MR) is 93.0 cm³/mol. The monoisotopic (exact) mass is 322 g/mol. The van der Waals surface area contributed by atoms with Crippen LogP contribution in [0.1, 0.15) is 45.4 Å². The molecule has 0 aromatic rings. The molecule has 0 saturated heterocycles. The Morgan fingerprint density at radius 1 is 1.30 bits per heavy atom. The molecule has 2 aliphatic rings. The maximum atomic E-state index is 12.2. The molecule has 0 bridgehead atoms. The molecule has 2 aliphatic carbocycles.